The van der Waals surface area contributed by atoms with E-state index in [1.807, 2.05) is 6.92 Å². The number of nitrogens with zero attached hydrogens (tertiary/aromatic N) is 1. The molecule has 0 radical (unpaired) electrons. The van der Waals surface area contributed by atoms with Crippen LogP contribution in [0.1, 0.15) is 24.3 Å². The monoisotopic (exact) mass is 240 g/mol. The summed E-state index contributed by atoms with van der Waals surface area (Å²) in [6, 6.07) is 2.03. The smallest absolute Gasteiger partial charge is 0.238 e. The number of nitrogens with one attached hydrogen (secondary N) is 1. The summed E-state index contributed by atoms with van der Waals surface area (Å²) < 4.78 is 0. The molecule has 0 saturated carbocycles. The van der Waals surface area contributed by atoms with Gasteiger partial charge in [-0.25, -0.2) is 0 Å². The fourth-order valence-corrected chi connectivity index (χ4v) is 2.48. The highest BCUT2D eigenvalue weighted by Gasteiger charge is 2.14. The molecular weight excluding hydrogens is 220 g/mol. The van der Waals surface area contributed by atoms with Gasteiger partial charge in [0.1, 0.15) is 0 Å². The molecule has 1 rings (SSSR count). The van der Waals surface area contributed by atoms with Crippen molar-refractivity contribution in [3.05, 3.63) is 21.9 Å². The van der Waals surface area contributed by atoms with Crippen molar-refractivity contribution in [1.29, 1.82) is 0 Å². The number of hydrogen-bond acceptors (Lipinski definition) is 3. The largest absolute Gasteiger partial charge is 0.347 e. The maximum atomic E-state index is 11.6. The van der Waals surface area contributed by atoms with E-state index in [-0.39, 0.29) is 11.9 Å². The summed E-state index contributed by atoms with van der Waals surface area (Å²) in [6.07, 6.45) is 1.05. The SMILES string of the molecule is CCc1ccsc1CNC(C)C(=O)N(C)C. The number of thiophene rings is 1. The molecule has 1 N–H and O–H groups in total. The molecule has 1 aromatic heterocycles. The Morgan fingerprint density at radius 2 is 2.25 bits per heavy atom. The van der Waals surface area contributed by atoms with Gasteiger partial charge < -0.3 is 10.2 Å². The molecule has 1 amide bonds. The lowest BCUT2D eigenvalue weighted by atomic mass is 10.2. The van der Waals surface area contributed by atoms with Crippen LogP contribution in [0.15, 0.2) is 11.4 Å². The minimum atomic E-state index is -0.123. The zero-order valence-corrected chi connectivity index (χ0v) is 11.2. The second-order valence-corrected chi connectivity index (χ2v) is 5.06. The lowest BCUT2D eigenvalue weighted by molar-refractivity contribution is -0.130. The van der Waals surface area contributed by atoms with Crippen molar-refractivity contribution in [2.24, 2.45) is 0 Å². The highest BCUT2D eigenvalue weighted by Crippen LogP contribution is 2.17. The predicted octanol–water partition coefficient (Wildman–Crippen LogP) is 1.88. The number of carbonyl (C=O) groups is 1. The van der Waals surface area contributed by atoms with Crippen molar-refractivity contribution in [2.75, 3.05) is 14.1 Å². The lowest BCUT2D eigenvalue weighted by Gasteiger charge is -2.17. The van der Waals surface area contributed by atoms with Gasteiger partial charge in [0.15, 0.2) is 0 Å². The average Bonchev–Trinajstić information content (AvgIpc) is 2.71. The molecular formula is C12H20N2OS. The van der Waals surface area contributed by atoms with E-state index in [1.165, 1.54) is 10.4 Å². The molecule has 0 aromatic carbocycles. The van der Waals surface area contributed by atoms with Crippen LogP contribution in [0.3, 0.4) is 0 Å². The summed E-state index contributed by atoms with van der Waals surface area (Å²) in [4.78, 5) is 14.6. The van der Waals surface area contributed by atoms with E-state index in [1.54, 1.807) is 30.3 Å². The Morgan fingerprint density at radius 1 is 1.56 bits per heavy atom. The number of amides is 1. The number of rotatable bonds is 5. The minimum absolute atomic E-state index is 0.120. The summed E-state index contributed by atoms with van der Waals surface area (Å²) in [7, 11) is 3.56. The van der Waals surface area contributed by atoms with Crippen LogP contribution < -0.4 is 5.32 Å². The molecule has 0 aliphatic heterocycles. The summed E-state index contributed by atoms with van der Waals surface area (Å²) in [5, 5.41) is 5.37. The van der Waals surface area contributed by atoms with E-state index >= 15 is 0 Å². The Hall–Kier alpha value is -0.870. The van der Waals surface area contributed by atoms with Gasteiger partial charge in [-0.15, -0.1) is 11.3 Å². The van der Waals surface area contributed by atoms with Crippen molar-refractivity contribution in [2.45, 2.75) is 32.9 Å². The molecule has 1 heterocycles. The van der Waals surface area contributed by atoms with E-state index in [0.29, 0.717) is 0 Å². The molecule has 4 heteroatoms. The van der Waals surface area contributed by atoms with Crippen LogP contribution in [0, 0.1) is 0 Å². The van der Waals surface area contributed by atoms with Crippen LogP contribution >= 0.6 is 11.3 Å². The number of aryl methyl sites for hydroxylation is 1. The molecule has 90 valence electrons. The van der Waals surface area contributed by atoms with Crippen molar-refractivity contribution in [1.82, 2.24) is 10.2 Å². The van der Waals surface area contributed by atoms with Gasteiger partial charge >= 0.3 is 0 Å². The molecule has 0 saturated heterocycles. The average molecular weight is 240 g/mol. The van der Waals surface area contributed by atoms with Gasteiger partial charge in [0.25, 0.3) is 0 Å². The first-order valence-electron chi connectivity index (χ1n) is 5.56. The Balaban J connectivity index is 2.49. The highest BCUT2D eigenvalue weighted by molar-refractivity contribution is 7.10. The van der Waals surface area contributed by atoms with Crippen molar-refractivity contribution in [3.63, 3.8) is 0 Å². The topological polar surface area (TPSA) is 32.3 Å². The first-order chi connectivity index (χ1) is 7.56. The fraction of sp³-hybridized carbons (Fsp3) is 0.583. The van der Waals surface area contributed by atoms with Crippen LogP contribution in [0.4, 0.5) is 0 Å². The van der Waals surface area contributed by atoms with E-state index in [4.69, 9.17) is 0 Å². The number of likely N-dealkylation sites (N-methyl/N-ethyl adjacent to an activating group) is 1. The molecule has 1 unspecified atom stereocenters. The van der Waals surface area contributed by atoms with Gasteiger partial charge in [-0.3, -0.25) is 4.79 Å². The molecule has 3 nitrogen and oxygen atoms in total. The third-order valence-corrected chi connectivity index (χ3v) is 3.56. The minimum Gasteiger partial charge on any atom is -0.347 e. The molecule has 16 heavy (non-hydrogen) atoms. The van der Waals surface area contributed by atoms with Crippen LogP contribution in [0.5, 0.6) is 0 Å². The Bertz CT molecular complexity index is 347. The van der Waals surface area contributed by atoms with Crippen LogP contribution in [0.2, 0.25) is 0 Å². The molecule has 0 aliphatic rings. The van der Waals surface area contributed by atoms with E-state index in [9.17, 15) is 4.79 Å². The quantitative estimate of drug-likeness (QED) is 0.852. The molecule has 0 aliphatic carbocycles. The van der Waals surface area contributed by atoms with Crippen LogP contribution in [-0.4, -0.2) is 30.9 Å². The van der Waals surface area contributed by atoms with Crippen molar-refractivity contribution >= 4 is 17.2 Å². The molecule has 0 fully saturated rings. The normalized spacial score (nSPS) is 12.5. The summed E-state index contributed by atoms with van der Waals surface area (Å²) >= 11 is 1.75. The summed E-state index contributed by atoms with van der Waals surface area (Å²) in [6.45, 7) is 4.84. The zero-order valence-electron chi connectivity index (χ0n) is 10.4. The van der Waals surface area contributed by atoms with Crippen LogP contribution in [0.25, 0.3) is 0 Å². The molecule has 0 spiro atoms. The predicted molar refractivity (Wildman–Crippen MR) is 68.7 cm³/mol. The molecule has 0 bridgehead atoms. The zero-order chi connectivity index (χ0) is 12.1. The second kappa shape index (κ2) is 6.01. The summed E-state index contributed by atoms with van der Waals surface area (Å²) in [5.74, 6) is 0.120. The Morgan fingerprint density at radius 3 is 2.81 bits per heavy atom. The van der Waals surface area contributed by atoms with Crippen molar-refractivity contribution in [3.8, 4) is 0 Å². The molecule has 1 atom stereocenters. The number of hydrogen-bond donors (Lipinski definition) is 1. The third kappa shape index (κ3) is 3.32. The third-order valence-electron chi connectivity index (χ3n) is 2.60. The van der Waals surface area contributed by atoms with Gasteiger partial charge in [-0.05, 0) is 30.4 Å². The molecule has 1 aromatic rings. The summed E-state index contributed by atoms with van der Waals surface area (Å²) in [5.41, 5.74) is 1.38. The lowest BCUT2D eigenvalue weighted by Crippen LogP contribution is -2.41. The second-order valence-electron chi connectivity index (χ2n) is 4.06. The highest BCUT2D eigenvalue weighted by atomic mass is 32.1. The maximum Gasteiger partial charge on any atom is 0.238 e. The Labute approximate surface area is 101 Å². The fourth-order valence-electron chi connectivity index (χ4n) is 1.56. The van der Waals surface area contributed by atoms with Crippen molar-refractivity contribution < 1.29 is 4.79 Å². The van der Waals surface area contributed by atoms with Gasteiger partial charge in [0.05, 0.1) is 6.04 Å². The van der Waals surface area contributed by atoms with Gasteiger partial charge in [-0.2, -0.15) is 0 Å². The standard InChI is InChI=1S/C12H20N2OS/c1-5-10-6-7-16-11(10)8-13-9(2)12(15)14(3)4/h6-7,9,13H,5,8H2,1-4H3. The number of carbonyl (C=O) groups excluding carboxylic acids is 1. The van der Waals surface area contributed by atoms with Gasteiger partial charge in [0, 0.05) is 25.5 Å². The van der Waals surface area contributed by atoms with Gasteiger partial charge in [-0.1, -0.05) is 6.92 Å². The Kier molecular flexibility index (Phi) is 4.96. The van der Waals surface area contributed by atoms with E-state index in [2.05, 4.69) is 23.7 Å². The van der Waals surface area contributed by atoms with E-state index in [0.717, 1.165) is 13.0 Å². The first-order valence-corrected chi connectivity index (χ1v) is 6.44. The van der Waals surface area contributed by atoms with Gasteiger partial charge in [0.2, 0.25) is 5.91 Å². The van der Waals surface area contributed by atoms with E-state index < -0.39 is 0 Å². The van der Waals surface area contributed by atoms with Crippen LogP contribution in [-0.2, 0) is 17.8 Å². The maximum absolute atomic E-state index is 11.6. The first kappa shape index (κ1) is 13.2.